The summed E-state index contributed by atoms with van der Waals surface area (Å²) in [7, 11) is 1.65. The van der Waals surface area contributed by atoms with Crippen molar-refractivity contribution >= 4 is 21.6 Å². The zero-order valence-electron chi connectivity index (χ0n) is 17.5. The Hall–Kier alpha value is -2.38. The van der Waals surface area contributed by atoms with Gasteiger partial charge in [0.2, 0.25) is 0 Å². The van der Waals surface area contributed by atoms with Gasteiger partial charge >= 0.3 is 0 Å². The van der Waals surface area contributed by atoms with E-state index >= 15 is 0 Å². The molecule has 0 aliphatic carbocycles. The molecule has 1 saturated heterocycles. The lowest BCUT2D eigenvalue weighted by Gasteiger charge is -2.35. The van der Waals surface area contributed by atoms with Crippen LogP contribution >= 0.6 is 0 Å². The van der Waals surface area contributed by atoms with E-state index in [-0.39, 0.29) is 16.8 Å². The third-order valence-electron chi connectivity index (χ3n) is 5.69. The average molecular weight is 416 g/mol. The second kappa shape index (κ2) is 8.55. The van der Waals surface area contributed by atoms with Crippen LogP contribution in [0.1, 0.15) is 28.8 Å². The van der Waals surface area contributed by atoms with Crippen LogP contribution < -0.4 is 4.31 Å². The van der Waals surface area contributed by atoms with Gasteiger partial charge in [-0.05, 0) is 70.2 Å². The summed E-state index contributed by atoms with van der Waals surface area (Å²) in [6, 6.07) is 13.8. The monoisotopic (exact) mass is 415 g/mol. The highest BCUT2D eigenvalue weighted by Crippen LogP contribution is 2.24. The van der Waals surface area contributed by atoms with E-state index < -0.39 is 10.0 Å². The van der Waals surface area contributed by atoms with E-state index in [1.54, 1.807) is 36.2 Å². The fourth-order valence-corrected chi connectivity index (χ4v) is 4.83. The van der Waals surface area contributed by atoms with Crippen molar-refractivity contribution in [2.75, 3.05) is 38.5 Å². The minimum absolute atomic E-state index is 0.114. The summed E-state index contributed by atoms with van der Waals surface area (Å²) >= 11 is 0. The molecule has 0 radical (unpaired) electrons. The number of carbonyl (C=O) groups excluding carboxylic acids is 1. The quantitative estimate of drug-likeness (QED) is 0.753. The maximum absolute atomic E-state index is 13.1. The van der Waals surface area contributed by atoms with Gasteiger partial charge in [-0.15, -0.1) is 0 Å². The highest BCUT2D eigenvalue weighted by Gasteiger charge is 2.27. The van der Waals surface area contributed by atoms with Crippen LogP contribution in [0.5, 0.6) is 0 Å². The molecule has 0 spiro atoms. The van der Waals surface area contributed by atoms with Crippen LogP contribution in [0, 0.1) is 6.92 Å². The first-order valence-corrected chi connectivity index (χ1v) is 11.3. The average Bonchev–Trinajstić information content (AvgIpc) is 2.73. The maximum Gasteiger partial charge on any atom is 0.264 e. The van der Waals surface area contributed by atoms with Crippen LogP contribution in [0.3, 0.4) is 0 Å². The number of sulfonamides is 1. The van der Waals surface area contributed by atoms with Crippen molar-refractivity contribution in [3.05, 3.63) is 59.7 Å². The molecule has 0 N–H and O–H groups in total. The lowest BCUT2D eigenvalue weighted by atomic mass is 10.0. The molecule has 0 unspecified atom stereocenters. The topological polar surface area (TPSA) is 60.9 Å². The normalized spacial score (nSPS) is 15.9. The zero-order valence-corrected chi connectivity index (χ0v) is 18.3. The number of benzene rings is 2. The molecule has 0 aromatic heterocycles. The van der Waals surface area contributed by atoms with Crippen molar-refractivity contribution in [1.82, 2.24) is 9.80 Å². The van der Waals surface area contributed by atoms with Crippen LogP contribution in [0.15, 0.2) is 53.4 Å². The number of rotatable bonds is 5. The van der Waals surface area contributed by atoms with Crippen molar-refractivity contribution < 1.29 is 13.2 Å². The zero-order chi connectivity index (χ0) is 21.2. The molecule has 29 heavy (non-hydrogen) atoms. The van der Waals surface area contributed by atoms with Gasteiger partial charge in [-0.1, -0.05) is 23.8 Å². The lowest BCUT2D eigenvalue weighted by Crippen LogP contribution is -2.44. The first-order chi connectivity index (χ1) is 13.7. The van der Waals surface area contributed by atoms with Gasteiger partial charge in [0.25, 0.3) is 15.9 Å². The van der Waals surface area contributed by atoms with E-state index in [0.29, 0.717) is 11.3 Å². The van der Waals surface area contributed by atoms with Gasteiger partial charge in [-0.3, -0.25) is 9.10 Å². The van der Waals surface area contributed by atoms with Crippen LogP contribution in [-0.2, 0) is 10.0 Å². The summed E-state index contributed by atoms with van der Waals surface area (Å²) in [5, 5.41) is 0. The summed E-state index contributed by atoms with van der Waals surface area (Å²) in [5.41, 5.74) is 2.03. The van der Waals surface area contributed by atoms with Gasteiger partial charge < -0.3 is 9.80 Å². The number of nitrogens with zero attached hydrogens (tertiary/aromatic N) is 3. The lowest BCUT2D eigenvalue weighted by molar-refractivity contribution is 0.0659. The second-order valence-corrected chi connectivity index (χ2v) is 9.76. The summed E-state index contributed by atoms with van der Waals surface area (Å²) < 4.78 is 27.4. The molecule has 1 fully saturated rings. The number of piperidine rings is 1. The Morgan fingerprint density at radius 2 is 1.66 bits per heavy atom. The van der Waals surface area contributed by atoms with E-state index in [0.717, 1.165) is 31.5 Å². The summed E-state index contributed by atoms with van der Waals surface area (Å²) in [4.78, 5) is 17.1. The van der Waals surface area contributed by atoms with Crippen molar-refractivity contribution in [2.24, 2.45) is 0 Å². The fraction of sp³-hybridized carbons (Fsp3) is 0.409. The minimum Gasteiger partial charge on any atom is -0.339 e. The maximum atomic E-state index is 13.1. The number of aryl methyl sites for hydroxylation is 1. The van der Waals surface area contributed by atoms with Gasteiger partial charge in [0.15, 0.2) is 0 Å². The Morgan fingerprint density at radius 1 is 1.03 bits per heavy atom. The number of likely N-dealkylation sites (tertiary alicyclic amines) is 1. The largest absolute Gasteiger partial charge is 0.339 e. The predicted octanol–water partition coefficient (Wildman–Crippen LogP) is 2.99. The Labute approximate surface area is 173 Å². The van der Waals surface area contributed by atoms with E-state index in [1.807, 2.05) is 19.1 Å². The smallest absolute Gasteiger partial charge is 0.264 e. The molecule has 6 nitrogen and oxygen atoms in total. The van der Waals surface area contributed by atoms with E-state index in [9.17, 15) is 13.2 Å². The Kier molecular flexibility index (Phi) is 6.29. The Bertz CT molecular complexity index is 965. The number of hydrogen-bond acceptors (Lipinski definition) is 4. The standard InChI is InChI=1S/C22H29N3O3S/c1-17-8-10-20(11-9-17)25(4)29(27,28)21-7-5-6-18(16-21)22(26)24(3)19-12-14-23(2)15-13-19/h5-11,16,19H,12-15H2,1-4H3. The van der Waals surface area contributed by atoms with Gasteiger partial charge in [0.05, 0.1) is 10.6 Å². The first kappa shape index (κ1) is 21.3. The highest BCUT2D eigenvalue weighted by atomic mass is 32.2. The van der Waals surface area contributed by atoms with E-state index in [1.165, 1.54) is 23.5 Å². The van der Waals surface area contributed by atoms with Crippen LogP contribution in [0.2, 0.25) is 0 Å². The molecular weight excluding hydrogens is 386 g/mol. The predicted molar refractivity (Wildman–Crippen MR) is 116 cm³/mol. The van der Waals surface area contributed by atoms with Crippen LogP contribution in [0.4, 0.5) is 5.69 Å². The summed E-state index contributed by atoms with van der Waals surface area (Å²) in [6.45, 7) is 3.87. The molecule has 156 valence electrons. The molecule has 0 bridgehead atoms. The van der Waals surface area contributed by atoms with E-state index in [2.05, 4.69) is 11.9 Å². The number of anilines is 1. The van der Waals surface area contributed by atoms with Crippen LogP contribution in [0.25, 0.3) is 0 Å². The molecule has 2 aromatic rings. The van der Waals surface area contributed by atoms with Gasteiger partial charge in [-0.2, -0.15) is 0 Å². The number of amides is 1. The third-order valence-corrected chi connectivity index (χ3v) is 7.47. The SMILES string of the molecule is Cc1ccc(N(C)S(=O)(=O)c2cccc(C(=O)N(C)C3CCN(C)CC3)c2)cc1. The number of hydrogen-bond donors (Lipinski definition) is 0. The fourth-order valence-electron chi connectivity index (χ4n) is 3.59. The molecule has 0 saturated carbocycles. The van der Waals surface area contributed by atoms with Gasteiger partial charge in [-0.25, -0.2) is 8.42 Å². The molecular formula is C22H29N3O3S. The molecule has 1 amide bonds. The van der Waals surface area contributed by atoms with Crippen LogP contribution in [-0.4, -0.2) is 64.4 Å². The molecule has 7 heteroatoms. The van der Waals surface area contributed by atoms with Gasteiger partial charge in [0, 0.05) is 25.7 Å². The molecule has 2 aromatic carbocycles. The molecule has 1 aliphatic rings. The number of carbonyl (C=O) groups is 1. The van der Waals surface area contributed by atoms with Crippen molar-refractivity contribution in [1.29, 1.82) is 0 Å². The van der Waals surface area contributed by atoms with Crippen molar-refractivity contribution in [3.8, 4) is 0 Å². The van der Waals surface area contributed by atoms with Crippen molar-refractivity contribution in [3.63, 3.8) is 0 Å². The Morgan fingerprint density at radius 3 is 2.28 bits per heavy atom. The summed E-state index contributed by atoms with van der Waals surface area (Å²) in [5.74, 6) is -0.144. The van der Waals surface area contributed by atoms with E-state index in [4.69, 9.17) is 0 Å². The third kappa shape index (κ3) is 4.62. The summed E-state index contributed by atoms with van der Waals surface area (Å²) in [6.07, 6.45) is 1.85. The van der Waals surface area contributed by atoms with Crippen molar-refractivity contribution in [2.45, 2.75) is 30.7 Å². The molecule has 0 atom stereocenters. The molecule has 3 rings (SSSR count). The highest BCUT2D eigenvalue weighted by molar-refractivity contribution is 7.92. The molecule has 1 heterocycles. The first-order valence-electron chi connectivity index (χ1n) is 9.81. The Balaban J connectivity index is 1.82. The van der Waals surface area contributed by atoms with Gasteiger partial charge in [0.1, 0.15) is 0 Å². The second-order valence-electron chi connectivity index (χ2n) is 7.79. The molecule has 1 aliphatic heterocycles. The minimum atomic E-state index is -3.76.